The lowest BCUT2D eigenvalue weighted by Gasteiger charge is -2.15. The molecule has 0 saturated carbocycles. The van der Waals surface area contributed by atoms with Crippen molar-refractivity contribution in [3.8, 4) is 11.3 Å². The van der Waals surface area contributed by atoms with Crippen LogP contribution in [0.25, 0.3) is 17.0 Å². The average molecular weight is 347 g/mol. The fraction of sp³-hybridized carbons (Fsp3) is 0.143. The molecule has 21 heavy (non-hydrogen) atoms. The number of rotatable bonds is 1. The predicted octanol–water partition coefficient (Wildman–Crippen LogP) is 2.98. The number of imidazole rings is 1. The third kappa shape index (κ3) is 1.92. The Bertz CT molecular complexity index is 859. The number of nitrogens with zero attached hydrogens (tertiary/aromatic N) is 4. The van der Waals surface area contributed by atoms with Gasteiger partial charge in [-0.05, 0) is 18.9 Å². The van der Waals surface area contributed by atoms with Gasteiger partial charge in [0.1, 0.15) is 0 Å². The van der Waals surface area contributed by atoms with E-state index < -0.39 is 0 Å². The Kier molecular flexibility index (Phi) is 3.21. The van der Waals surface area contributed by atoms with Gasteiger partial charge in [0.2, 0.25) is 5.78 Å². The van der Waals surface area contributed by atoms with Crippen molar-refractivity contribution >= 4 is 28.4 Å². The molecule has 1 aromatic carbocycles. The van der Waals surface area contributed by atoms with Crippen LogP contribution < -0.4 is 0 Å². The summed E-state index contributed by atoms with van der Waals surface area (Å²) in [5.74, 6) is 0.636. The molecular formula is C14H11BrN4O2. The number of aryl methyl sites for hydroxylation is 1. The van der Waals surface area contributed by atoms with Crippen LogP contribution in [0, 0.1) is 10.1 Å². The van der Waals surface area contributed by atoms with E-state index >= 15 is 0 Å². The van der Waals surface area contributed by atoms with E-state index in [9.17, 15) is 10.1 Å². The lowest BCUT2D eigenvalue weighted by Crippen LogP contribution is -2.08. The predicted molar refractivity (Wildman–Crippen MR) is 82.8 cm³/mol. The van der Waals surface area contributed by atoms with Crippen LogP contribution in [0.1, 0.15) is 11.3 Å². The second kappa shape index (κ2) is 4.92. The summed E-state index contributed by atoms with van der Waals surface area (Å²) in [4.78, 5) is 19.6. The average Bonchev–Trinajstić information content (AvgIpc) is 2.85. The van der Waals surface area contributed by atoms with Gasteiger partial charge >= 0.3 is 0 Å². The summed E-state index contributed by atoms with van der Waals surface area (Å²) in [6.45, 7) is 0. The summed E-state index contributed by atoms with van der Waals surface area (Å²) < 4.78 is 1.96. The van der Waals surface area contributed by atoms with E-state index in [1.54, 1.807) is 18.3 Å². The molecule has 0 radical (unpaired) electrons. The molecule has 2 aromatic heterocycles. The van der Waals surface area contributed by atoms with Crippen molar-refractivity contribution in [1.29, 1.82) is 0 Å². The molecule has 4 rings (SSSR count). The highest BCUT2D eigenvalue weighted by atomic mass is 79.9. The Labute approximate surface area is 130 Å². The van der Waals surface area contributed by atoms with E-state index in [0.29, 0.717) is 12.2 Å². The maximum absolute atomic E-state index is 11.1. The molecule has 6 nitrogen and oxygen atoms in total. The third-order valence-corrected chi connectivity index (χ3v) is 3.72. The summed E-state index contributed by atoms with van der Waals surface area (Å²) in [6.07, 6.45) is 5.01. The van der Waals surface area contributed by atoms with E-state index in [4.69, 9.17) is 0 Å². The van der Waals surface area contributed by atoms with Crippen molar-refractivity contribution in [2.75, 3.05) is 0 Å². The minimum atomic E-state index is -0.322. The maximum Gasteiger partial charge on any atom is 0.273 e. The zero-order chi connectivity index (χ0) is 13.7. The molecule has 0 saturated heterocycles. The Balaban J connectivity index is 0.00000132. The van der Waals surface area contributed by atoms with Crippen LogP contribution >= 0.6 is 17.0 Å². The Morgan fingerprint density at radius 3 is 2.90 bits per heavy atom. The van der Waals surface area contributed by atoms with Gasteiger partial charge in [-0.2, -0.15) is 0 Å². The van der Waals surface area contributed by atoms with Crippen LogP contribution in [0.4, 0.5) is 5.69 Å². The van der Waals surface area contributed by atoms with Crippen LogP contribution in [0.3, 0.4) is 0 Å². The molecule has 0 aliphatic heterocycles. The molecule has 106 valence electrons. The number of aromatic nitrogens is 3. The molecule has 0 amide bonds. The van der Waals surface area contributed by atoms with Gasteiger partial charge in [0, 0.05) is 29.6 Å². The lowest BCUT2D eigenvalue weighted by atomic mass is 9.91. The molecule has 3 aromatic rings. The third-order valence-electron chi connectivity index (χ3n) is 3.72. The first kappa shape index (κ1) is 13.7. The van der Waals surface area contributed by atoms with Gasteiger partial charge in [-0.3, -0.25) is 14.5 Å². The smallest absolute Gasteiger partial charge is 0.273 e. The van der Waals surface area contributed by atoms with Crippen molar-refractivity contribution in [3.05, 3.63) is 58.0 Å². The van der Waals surface area contributed by atoms with Gasteiger partial charge in [0.25, 0.3) is 5.69 Å². The molecule has 2 heterocycles. The molecule has 1 aliphatic carbocycles. The number of fused-ring (bicyclic) bond motifs is 5. The van der Waals surface area contributed by atoms with Gasteiger partial charge in [-0.25, -0.2) is 9.97 Å². The first-order valence-corrected chi connectivity index (χ1v) is 6.34. The summed E-state index contributed by atoms with van der Waals surface area (Å²) in [5, 5.41) is 11.1. The number of halogens is 1. The first-order valence-electron chi connectivity index (χ1n) is 6.34. The fourth-order valence-corrected chi connectivity index (χ4v) is 2.86. The molecular weight excluding hydrogens is 336 g/mol. The van der Waals surface area contributed by atoms with E-state index in [1.807, 2.05) is 22.7 Å². The zero-order valence-electron chi connectivity index (χ0n) is 10.9. The monoisotopic (exact) mass is 346 g/mol. The first-order chi connectivity index (χ1) is 9.75. The van der Waals surface area contributed by atoms with Gasteiger partial charge in [-0.15, -0.1) is 17.0 Å². The van der Waals surface area contributed by atoms with Crippen molar-refractivity contribution < 1.29 is 4.92 Å². The van der Waals surface area contributed by atoms with E-state index in [2.05, 4.69) is 9.97 Å². The SMILES string of the molecule is Br.O=[N+]([O-])c1cccc2c1CCc1c-2nc2ncccn12. The highest BCUT2D eigenvalue weighted by Gasteiger charge is 2.27. The van der Waals surface area contributed by atoms with Crippen LogP contribution in [0.5, 0.6) is 0 Å². The number of nitro groups is 1. The highest BCUT2D eigenvalue weighted by molar-refractivity contribution is 8.93. The second-order valence-electron chi connectivity index (χ2n) is 4.76. The largest absolute Gasteiger partial charge is 0.287 e. The van der Waals surface area contributed by atoms with Gasteiger partial charge < -0.3 is 0 Å². The zero-order valence-corrected chi connectivity index (χ0v) is 12.6. The van der Waals surface area contributed by atoms with Crippen molar-refractivity contribution in [2.24, 2.45) is 0 Å². The van der Waals surface area contributed by atoms with Gasteiger partial charge in [0.05, 0.1) is 16.3 Å². The van der Waals surface area contributed by atoms with E-state index in [0.717, 1.165) is 28.9 Å². The maximum atomic E-state index is 11.1. The molecule has 7 heteroatoms. The highest BCUT2D eigenvalue weighted by Crippen LogP contribution is 2.37. The van der Waals surface area contributed by atoms with E-state index in [-0.39, 0.29) is 27.6 Å². The lowest BCUT2D eigenvalue weighted by molar-refractivity contribution is -0.385. The van der Waals surface area contributed by atoms with Gasteiger partial charge in [0.15, 0.2) is 0 Å². The Hall–Kier alpha value is -2.28. The van der Waals surface area contributed by atoms with Crippen LogP contribution in [0.2, 0.25) is 0 Å². The summed E-state index contributed by atoms with van der Waals surface area (Å²) in [7, 11) is 0. The van der Waals surface area contributed by atoms with Crippen molar-refractivity contribution in [1.82, 2.24) is 14.4 Å². The van der Waals surface area contributed by atoms with Gasteiger partial charge in [-0.1, -0.05) is 12.1 Å². The molecule has 0 atom stereocenters. The van der Waals surface area contributed by atoms with Crippen LogP contribution in [-0.4, -0.2) is 19.3 Å². The normalized spacial score (nSPS) is 12.4. The van der Waals surface area contributed by atoms with Crippen LogP contribution in [0.15, 0.2) is 36.7 Å². The number of hydrogen-bond acceptors (Lipinski definition) is 4. The fourth-order valence-electron chi connectivity index (χ4n) is 2.86. The van der Waals surface area contributed by atoms with Crippen molar-refractivity contribution in [3.63, 3.8) is 0 Å². The number of benzene rings is 1. The minimum Gasteiger partial charge on any atom is -0.287 e. The Morgan fingerprint density at radius 1 is 1.24 bits per heavy atom. The topological polar surface area (TPSA) is 73.3 Å². The Morgan fingerprint density at radius 2 is 2.10 bits per heavy atom. The van der Waals surface area contributed by atoms with E-state index in [1.165, 1.54) is 0 Å². The summed E-state index contributed by atoms with van der Waals surface area (Å²) >= 11 is 0. The molecule has 1 aliphatic rings. The molecule has 0 bridgehead atoms. The molecule has 0 fully saturated rings. The summed E-state index contributed by atoms with van der Waals surface area (Å²) in [6, 6.07) is 7.02. The summed E-state index contributed by atoms with van der Waals surface area (Å²) in [5.41, 5.74) is 3.69. The second-order valence-corrected chi connectivity index (χ2v) is 4.76. The number of nitro benzene ring substituents is 1. The van der Waals surface area contributed by atoms with Crippen LogP contribution in [-0.2, 0) is 12.8 Å². The standard InChI is InChI=1S/C14H10N4O2.BrH/c19-18(20)11-4-1-3-10-9(11)5-6-12-13(10)16-14-15-7-2-8-17(12)14;/h1-4,7-8H,5-6H2;1H. The molecule has 0 N–H and O–H groups in total. The molecule has 0 unspecified atom stereocenters. The number of hydrogen-bond donors (Lipinski definition) is 0. The molecule has 0 spiro atoms. The quantitative estimate of drug-likeness (QED) is 0.501. The van der Waals surface area contributed by atoms with Crippen molar-refractivity contribution in [2.45, 2.75) is 12.8 Å². The minimum absolute atomic E-state index is 0.